The predicted molar refractivity (Wildman–Crippen MR) is 201 cm³/mol. The molecule has 7 aromatic carbocycles. The van der Waals surface area contributed by atoms with Gasteiger partial charge in [-0.2, -0.15) is 0 Å². The van der Waals surface area contributed by atoms with Crippen LogP contribution in [0.15, 0.2) is 176 Å². The number of hydrogen-bond donors (Lipinski definition) is 0. The molecule has 0 bridgehead atoms. The zero-order chi connectivity index (χ0) is 32.3. The van der Waals surface area contributed by atoms with Crippen molar-refractivity contribution < 1.29 is 0 Å². The van der Waals surface area contributed by atoms with Crippen molar-refractivity contribution in [2.45, 2.75) is 0 Å². The highest BCUT2D eigenvalue weighted by Crippen LogP contribution is 2.37. The zero-order valence-electron chi connectivity index (χ0n) is 26.5. The zero-order valence-corrected chi connectivity index (χ0v) is 26.5. The van der Waals surface area contributed by atoms with Crippen LogP contribution in [0.1, 0.15) is 0 Å². The third-order valence-electron chi connectivity index (χ3n) is 9.43. The lowest BCUT2D eigenvalue weighted by molar-refractivity contribution is 1.05. The van der Waals surface area contributed by atoms with E-state index < -0.39 is 0 Å². The molecule has 0 aliphatic rings. The summed E-state index contributed by atoms with van der Waals surface area (Å²) < 4.78 is 6.99. The number of rotatable bonds is 5. The molecule has 3 aromatic heterocycles. The van der Waals surface area contributed by atoms with Crippen molar-refractivity contribution in [3.8, 4) is 39.8 Å². The molecule has 5 heteroatoms. The smallest absolute Gasteiger partial charge is 0.145 e. The lowest BCUT2D eigenvalue weighted by Gasteiger charge is -2.18. The van der Waals surface area contributed by atoms with Crippen LogP contribution in [-0.4, -0.2) is 23.7 Å². The van der Waals surface area contributed by atoms with Crippen LogP contribution in [0.25, 0.3) is 83.7 Å². The van der Waals surface area contributed by atoms with E-state index in [1.165, 1.54) is 10.8 Å². The summed E-state index contributed by atoms with van der Waals surface area (Å²) in [6, 6.07) is 61.9. The van der Waals surface area contributed by atoms with Gasteiger partial charge < -0.3 is 4.57 Å². The van der Waals surface area contributed by atoms with E-state index in [0.717, 1.165) is 72.9 Å². The van der Waals surface area contributed by atoms with Crippen LogP contribution in [0.2, 0.25) is 0 Å². The molecule has 10 aromatic rings. The minimum Gasteiger partial charge on any atom is -0.309 e. The van der Waals surface area contributed by atoms with Crippen molar-refractivity contribution in [3.05, 3.63) is 176 Å². The van der Waals surface area contributed by atoms with Crippen LogP contribution < -0.4 is 0 Å². The molecule has 0 radical (unpaired) electrons. The summed E-state index contributed by atoms with van der Waals surface area (Å²) in [7, 11) is 0. The van der Waals surface area contributed by atoms with Gasteiger partial charge in [-0.05, 0) is 54.6 Å². The Morgan fingerprint density at radius 2 is 0.653 bits per heavy atom. The number of benzene rings is 7. The second-order valence-corrected chi connectivity index (χ2v) is 12.3. The van der Waals surface area contributed by atoms with Crippen LogP contribution in [0.5, 0.6) is 0 Å². The summed E-state index contributed by atoms with van der Waals surface area (Å²) in [5.41, 5.74) is 11.5. The fourth-order valence-corrected chi connectivity index (χ4v) is 7.30. The van der Waals surface area contributed by atoms with E-state index >= 15 is 0 Å². The molecule has 0 fully saturated rings. The first-order chi connectivity index (χ1) is 24.3. The second-order valence-electron chi connectivity index (χ2n) is 12.3. The third kappa shape index (κ3) is 4.33. The van der Waals surface area contributed by atoms with E-state index in [1.807, 2.05) is 12.1 Å². The fourth-order valence-electron chi connectivity index (χ4n) is 7.30. The summed E-state index contributed by atoms with van der Waals surface area (Å²) in [5, 5.41) is 2.45. The van der Waals surface area contributed by atoms with Gasteiger partial charge in [0.15, 0.2) is 0 Å². The average Bonchev–Trinajstić information content (AvgIpc) is 3.86. The molecule has 0 atom stereocenters. The summed E-state index contributed by atoms with van der Waals surface area (Å²) in [6.45, 7) is 0. The van der Waals surface area contributed by atoms with Gasteiger partial charge in [-0.25, -0.2) is 9.97 Å². The number of nitrogens with zero attached hydrogens (tertiary/aromatic N) is 5. The van der Waals surface area contributed by atoms with Gasteiger partial charge in [0.05, 0.1) is 50.2 Å². The van der Waals surface area contributed by atoms with Gasteiger partial charge in [0.25, 0.3) is 0 Å². The minimum atomic E-state index is 0.894. The summed E-state index contributed by atoms with van der Waals surface area (Å²) >= 11 is 0. The number of para-hydroxylation sites is 6. The standard InChI is InChI=1S/C44H29N5/c1-3-15-30(16-4-1)43-45-37-21-9-13-25-41(37)48(43)33-27-32(47-39-23-11-7-19-35(39)36-20-8-12-24-40(36)47)28-34(29-33)49-42-26-14-10-22-38(42)46-44(49)31-17-5-2-6-18-31/h1-29H. The van der Waals surface area contributed by atoms with Crippen molar-refractivity contribution in [2.75, 3.05) is 0 Å². The van der Waals surface area contributed by atoms with Crippen molar-refractivity contribution >= 4 is 43.9 Å². The molecule has 0 spiro atoms. The SMILES string of the molecule is c1ccc(-c2nc3ccccc3n2-c2cc(-n3c(-c4ccccc4)nc4ccccc43)cc(-n3c4ccccc4c4ccccc43)c2)cc1. The highest BCUT2D eigenvalue weighted by Gasteiger charge is 2.21. The van der Waals surface area contributed by atoms with Crippen LogP contribution in [0.3, 0.4) is 0 Å². The Labute approximate surface area is 282 Å². The quantitative estimate of drug-likeness (QED) is 0.190. The molecule has 0 N–H and O–H groups in total. The van der Waals surface area contributed by atoms with E-state index in [-0.39, 0.29) is 0 Å². The number of hydrogen-bond acceptors (Lipinski definition) is 2. The molecule has 0 saturated heterocycles. The van der Waals surface area contributed by atoms with Gasteiger partial charge in [-0.3, -0.25) is 9.13 Å². The maximum absolute atomic E-state index is 5.20. The van der Waals surface area contributed by atoms with Crippen molar-refractivity contribution in [2.24, 2.45) is 0 Å². The van der Waals surface area contributed by atoms with Gasteiger partial charge >= 0.3 is 0 Å². The van der Waals surface area contributed by atoms with Crippen LogP contribution in [-0.2, 0) is 0 Å². The van der Waals surface area contributed by atoms with Gasteiger partial charge in [0.1, 0.15) is 11.6 Å². The van der Waals surface area contributed by atoms with Crippen molar-refractivity contribution in [1.29, 1.82) is 0 Å². The maximum atomic E-state index is 5.20. The summed E-state index contributed by atoms with van der Waals surface area (Å²) in [5.74, 6) is 1.79. The molecule has 0 unspecified atom stereocenters. The molecule has 0 amide bonds. The molecule has 0 aliphatic carbocycles. The Morgan fingerprint density at radius 3 is 1.10 bits per heavy atom. The lowest BCUT2D eigenvalue weighted by Crippen LogP contribution is -2.05. The van der Waals surface area contributed by atoms with E-state index in [9.17, 15) is 0 Å². The van der Waals surface area contributed by atoms with Crippen LogP contribution >= 0.6 is 0 Å². The van der Waals surface area contributed by atoms with Crippen molar-refractivity contribution in [1.82, 2.24) is 23.7 Å². The molecular weight excluding hydrogens is 599 g/mol. The van der Waals surface area contributed by atoms with E-state index in [4.69, 9.17) is 9.97 Å². The van der Waals surface area contributed by atoms with Gasteiger partial charge in [-0.15, -0.1) is 0 Å². The molecule has 0 aliphatic heterocycles. The molecule has 5 nitrogen and oxygen atoms in total. The number of fused-ring (bicyclic) bond motifs is 5. The maximum Gasteiger partial charge on any atom is 0.145 e. The topological polar surface area (TPSA) is 40.6 Å². The van der Waals surface area contributed by atoms with Gasteiger partial charge in [0, 0.05) is 21.9 Å². The monoisotopic (exact) mass is 627 g/mol. The highest BCUT2D eigenvalue weighted by atomic mass is 15.1. The molecular formula is C44H29N5. The Morgan fingerprint density at radius 1 is 0.306 bits per heavy atom. The first kappa shape index (κ1) is 27.4. The molecule has 3 heterocycles. The fraction of sp³-hybridized carbons (Fsp3) is 0. The predicted octanol–water partition coefficient (Wildman–Crippen LogP) is 10.8. The average molecular weight is 628 g/mol. The van der Waals surface area contributed by atoms with Crippen molar-refractivity contribution in [3.63, 3.8) is 0 Å². The van der Waals surface area contributed by atoms with Gasteiger partial charge in [0.2, 0.25) is 0 Å². The molecule has 0 saturated carbocycles. The van der Waals surface area contributed by atoms with E-state index in [0.29, 0.717) is 0 Å². The molecule has 230 valence electrons. The normalized spacial score (nSPS) is 11.7. The first-order valence-corrected chi connectivity index (χ1v) is 16.5. The Hall–Kier alpha value is -6.72. The van der Waals surface area contributed by atoms with Crippen LogP contribution in [0, 0.1) is 0 Å². The second kappa shape index (κ2) is 10.9. The summed E-state index contributed by atoms with van der Waals surface area (Å²) in [4.78, 5) is 10.4. The lowest BCUT2D eigenvalue weighted by atomic mass is 10.1. The minimum absolute atomic E-state index is 0.894. The summed E-state index contributed by atoms with van der Waals surface area (Å²) in [6.07, 6.45) is 0. The number of imidazole rings is 2. The van der Waals surface area contributed by atoms with E-state index in [1.54, 1.807) is 0 Å². The Kier molecular flexibility index (Phi) is 6.11. The molecule has 10 rings (SSSR count). The Bertz CT molecular complexity index is 2630. The largest absolute Gasteiger partial charge is 0.309 e. The van der Waals surface area contributed by atoms with Crippen LogP contribution in [0.4, 0.5) is 0 Å². The van der Waals surface area contributed by atoms with Gasteiger partial charge in [-0.1, -0.05) is 121 Å². The Balaban J connectivity index is 1.35. The molecule has 49 heavy (non-hydrogen) atoms. The van der Waals surface area contributed by atoms with E-state index in [2.05, 4.69) is 177 Å². The third-order valence-corrected chi connectivity index (χ3v) is 9.43. The number of aromatic nitrogens is 5. The first-order valence-electron chi connectivity index (χ1n) is 16.5. The highest BCUT2D eigenvalue weighted by molar-refractivity contribution is 6.09.